The summed E-state index contributed by atoms with van der Waals surface area (Å²) in [6.45, 7) is 3.80. The van der Waals surface area contributed by atoms with Gasteiger partial charge in [0.1, 0.15) is 6.04 Å². The highest BCUT2D eigenvalue weighted by atomic mass is 16.6. The Morgan fingerprint density at radius 1 is 1.28 bits per heavy atom. The van der Waals surface area contributed by atoms with E-state index in [1.54, 1.807) is 6.92 Å². The summed E-state index contributed by atoms with van der Waals surface area (Å²) in [7, 11) is 0. The molecule has 0 aliphatic carbocycles. The standard InChI is InChI=1S/C15H19N3O7/c1-2-25-15(19)14(16-5-7-24-8-6-16)9-11-3-4-12(17(20)21)10-13(11)18(22)23/h3-4,10,14H,2,5-9H2,1H3. The molecule has 1 aromatic rings. The Balaban J connectivity index is 2.32. The molecule has 1 atom stereocenters. The van der Waals surface area contributed by atoms with Crippen LogP contribution in [0.15, 0.2) is 18.2 Å². The lowest BCUT2D eigenvalue weighted by molar-refractivity contribution is -0.394. The molecule has 1 aliphatic rings. The fourth-order valence-corrected chi connectivity index (χ4v) is 2.71. The Hall–Kier alpha value is -2.59. The summed E-state index contributed by atoms with van der Waals surface area (Å²) in [6, 6.07) is 2.73. The van der Waals surface area contributed by atoms with Gasteiger partial charge in [-0.25, -0.2) is 0 Å². The van der Waals surface area contributed by atoms with Crippen LogP contribution >= 0.6 is 0 Å². The number of rotatable bonds is 7. The second-order valence-electron chi connectivity index (χ2n) is 5.45. The predicted octanol–water partition coefficient (Wildman–Crippen LogP) is 1.31. The van der Waals surface area contributed by atoms with E-state index >= 15 is 0 Å². The molecule has 0 bridgehead atoms. The fraction of sp³-hybridized carbons (Fsp3) is 0.533. The molecular formula is C15H19N3O7. The number of benzene rings is 1. The molecule has 1 fully saturated rings. The van der Waals surface area contributed by atoms with Crippen molar-refractivity contribution in [3.8, 4) is 0 Å². The third kappa shape index (κ3) is 4.70. The maximum absolute atomic E-state index is 12.3. The highest BCUT2D eigenvalue weighted by molar-refractivity contribution is 5.76. The first-order chi connectivity index (χ1) is 11.9. The third-order valence-corrected chi connectivity index (χ3v) is 3.93. The molecule has 0 amide bonds. The summed E-state index contributed by atoms with van der Waals surface area (Å²) < 4.78 is 10.4. The molecule has 2 rings (SSSR count). The molecule has 0 aromatic heterocycles. The van der Waals surface area contributed by atoms with Gasteiger partial charge in [-0.3, -0.25) is 29.9 Å². The summed E-state index contributed by atoms with van der Waals surface area (Å²) in [6.07, 6.45) is 0.0349. The molecule has 1 aliphatic heterocycles. The van der Waals surface area contributed by atoms with E-state index in [2.05, 4.69) is 0 Å². The SMILES string of the molecule is CCOC(=O)C(Cc1ccc([N+](=O)[O-])cc1[N+](=O)[O-])N1CCOCC1. The van der Waals surface area contributed by atoms with Gasteiger partial charge in [0, 0.05) is 31.1 Å². The van der Waals surface area contributed by atoms with Gasteiger partial charge >= 0.3 is 5.97 Å². The predicted molar refractivity (Wildman–Crippen MR) is 86.3 cm³/mol. The van der Waals surface area contributed by atoms with E-state index in [4.69, 9.17) is 9.47 Å². The lowest BCUT2D eigenvalue weighted by atomic mass is 10.0. The minimum Gasteiger partial charge on any atom is -0.465 e. The monoisotopic (exact) mass is 353 g/mol. The Morgan fingerprint density at radius 3 is 2.52 bits per heavy atom. The molecule has 0 N–H and O–H groups in total. The van der Waals surface area contributed by atoms with Crippen molar-refractivity contribution in [3.63, 3.8) is 0 Å². The van der Waals surface area contributed by atoms with E-state index in [1.807, 2.05) is 4.90 Å². The summed E-state index contributed by atoms with van der Waals surface area (Å²) in [5.74, 6) is -0.475. The van der Waals surface area contributed by atoms with Crippen molar-refractivity contribution in [2.75, 3.05) is 32.9 Å². The molecule has 1 saturated heterocycles. The number of nitro benzene ring substituents is 2. The van der Waals surface area contributed by atoms with Crippen LogP contribution in [0.25, 0.3) is 0 Å². The quantitative estimate of drug-likeness (QED) is 0.408. The zero-order valence-electron chi connectivity index (χ0n) is 13.8. The van der Waals surface area contributed by atoms with Gasteiger partial charge < -0.3 is 9.47 Å². The minimum absolute atomic E-state index is 0.0349. The summed E-state index contributed by atoms with van der Waals surface area (Å²) in [4.78, 5) is 34.9. The molecule has 25 heavy (non-hydrogen) atoms. The average Bonchev–Trinajstić information content (AvgIpc) is 2.60. The number of ether oxygens (including phenoxy) is 2. The van der Waals surface area contributed by atoms with Crippen molar-refractivity contribution in [2.45, 2.75) is 19.4 Å². The summed E-state index contributed by atoms with van der Waals surface area (Å²) in [5, 5.41) is 22.1. The molecule has 1 unspecified atom stereocenters. The van der Waals surface area contributed by atoms with Crippen LogP contribution in [0.3, 0.4) is 0 Å². The number of carbonyl (C=O) groups excluding carboxylic acids is 1. The first-order valence-corrected chi connectivity index (χ1v) is 7.84. The Kier molecular flexibility index (Phi) is 6.37. The Bertz CT molecular complexity index is 659. The molecule has 10 heteroatoms. The maximum atomic E-state index is 12.3. The van der Waals surface area contributed by atoms with Crippen LogP contribution in [0.2, 0.25) is 0 Å². The van der Waals surface area contributed by atoms with Gasteiger partial charge in [0.2, 0.25) is 0 Å². The van der Waals surface area contributed by atoms with Crippen LogP contribution < -0.4 is 0 Å². The normalized spacial score (nSPS) is 16.2. The second-order valence-corrected chi connectivity index (χ2v) is 5.45. The third-order valence-electron chi connectivity index (χ3n) is 3.93. The van der Waals surface area contributed by atoms with Crippen LogP contribution in [-0.4, -0.2) is 59.7 Å². The lowest BCUT2D eigenvalue weighted by Crippen LogP contribution is -2.49. The van der Waals surface area contributed by atoms with Crippen molar-refractivity contribution < 1.29 is 24.1 Å². The van der Waals surface area contributed by atoms with Gasteiger partial charge in [0.25, 0.3) is 11.4 Å². The molecule has 0 saturated carbocycles. The van der Waals surface area contributed by atoms with Crippen molar-refractivity contribution in [2.24, 2.45) is 0 Å². The minimum atomic E-state index is -0.705. The van der Waals surface area contributed by atoms with Gasteiger partial charge in [-0.1, -0.05) is 0 Å². The summed E-state index contributed by atoms with van der Waals surface area (Å²) >= 11 is 0. The van der Waals surface area contributed by atoms with E-state index in [1.165, 1.54) is 12.1 Å². The zero-order chi connectivity index (χ0) is 18.4. The largest absolute Gasteiger partial charge is 0.465 e. The Morgan fingerprint density at radius 2 is 1.96 bits per heavy atom. The van der Waals surface area contributed by atoms with Crippen molar-refractivity contribution in [1.29, 1.82) is 0 Å². The van der Waals surface area contributed by atoms with Gasteiger partial charge in [0.15, 0.2) is 0 Å². The van der Waals surface area contributed by atoms with Crippen molar-refractivity contribution in [3.05, 3.63) is 44.0 Å². The number of nitrogens with zero attached hydrogens (tertiary/aromatic N) is 3. The topological polar surface area (TPSA) is 125 Å². The van der Waals surface area contributed by atoms with Crippen LogP contribution in [0.1, 0.15) is 12.5 Å². The highest BCUT2D eigenvalue weighted by Gasteiger charge is 2.31. The highest BCUT2D eigenvalue weighted by Crippen LogP contribution is 2.27. The number of non-ortho nitro benzene ring substituents is 1. The second kappa shape index (κ2) is 8.49. The maximum Gasteiger partial charge on any atom is 0.323 e. The molecule has 1 heterocycles. The van der Waals surface area contributed by atoms with Gasteiger partial charge in [-0.05, 0) is 13.0 Å². The van der Waals surface area contributed by atoms with Gasteiger partial charge in [-0.15, -0.1) is 0 Å². The Labute approximate surface area is 143 Å². The van der Waals surface area contributed by atoms with Crippen LogP contribution in [-0.2, 0) is 20.7 Å². The molecule has 136 valence electrons. The van der Waals surface area contributed by atoms with Gasteiger partial charge in [0.05, 0.1) is 35.7 Å². The number of esters is 1. The van der Waals surface area contributed by atoms with Crippen LogP contribution in [0.5, 0.6) is 0 Å². The molecule has 0 radical (unpaired) electrons. The number of hydrogen-bond acceptors (Lipinski definition) is 8. The molecule has 0 spiro atoms. The van der Waals surface area contributed by atoms with E-state index < -0.39 is 21.9 Å². The van der Waals surface area contributed by atoms with Crippen molar-refractivity contribution >= 4 is 17.3 Å². The summed E-state index contributed by atoms with van der Waals surface area (Å²) in [5.41, 5.74) is -0.494. The van der Waals surface area contributed by atoms with E-state index in [0.717, 1.165) is 6.07 Å². The fourth-order valence-electron chi connectivity index (χ4n) is 2.71. The van der Waals surface area contributed by atoms with E-state index in [9.17, 15) is 25.0 Å². The van der Waals surface area contributed by atoms with Crippen molar-refractivity contribution in [1.82, 2.24) is 4.90 Å². The first-order valence-electron chi connectivity index (χ1n) is 7.84. The van der Waals surface area contributed by atoms with Crippen LogP contribution in [0, 0.1) is 20.2 Å². The number of nitro groups is 2. The molecular weight excluding hydrogens is 334 g/mol. The zero-order valence-corrected chi connectivity index (χ0v) is 13.8. The van der Waals surface area contributed by atoms with E-state index in [0.29, 0.717) is 26.3 Å². The first kappa shape index (κ1) is 18.7. The smallest absolute Gasteiger partial charge is 0.323 e. The average molecular weight is 353 g/mol. The molecule has 10 nitrogen and oxygen atoms in total. The number of hydrogen-bond donors (Lipinski definition) is 0. The number of morpholine rings is 1. The number of carbonyl (C=O) groups is 1. The van der Waals surface area contributed by atoms with Crippen LogP contribution in [0.4, 0.5) is 11.4 Å². The molecule has 1 aromatic carbocycles. The lowest BCUT2D eigenvalue weighted by Gasteiger charge is -2.32. The van der Waals surface area contributed by atoms with E-state index in [-0.39, 0.29) is 30.0 Å². The van der Waals surface area contributed by atoms with Gasteiger partial charge in [-0.2, -0.15) is 0 Å².